The summed E-state index contributed by atoms with van der Waals surface area (Å²) in [5.74, 6) is 1.84. The number of methoxy groups -OCH3 is 1. The Balaban J connectivity index is 1.32. The molecule has 1 fully saturated rings. The van der Waals surface area contributed by atoms with E-state index >= 15 is 0 Å². The molecule has 1 aliphatic rings. The van der Waals surface area contributed by atoms with Gasteiger partial charge in [0.15, 0.2) is 0 Å². The number of benzene rings is 1. The zero-order chi connectivity index (χ0) is 26.7. The monoisotopic (exact) mass is 529 g/mol. The molecule has 10 nitrogen and oxygen atoms in total. The summed E-state index contributed by atoms with van der Waals surface area (Å²) in [6, 6.07) is 7.97. The van der Waals surface area contributed by atoms with E-state index < -0.39 is 16.0 Å². The number of para-hydroxylation sites is 1. The van der Waals surface area contributed by atoms with Crippen molar-refractivity contribution < 1.29 is 22.4 Å². The predicted octanol–water partition coefficient (Wildman–Crippen LogP) is 3.89. The summed E-state index contributed by atoms with van der Waals surface area (Å²) in [5, 5.41) is 4.42. The molecule has 0 radical (unpaired) electrons. The molecule has 1 aliphatic carbocycles. The first-order valence-corrected chi connectivity index (χ1v) is 13.9. The first-order valence-electron chi connectivity index (χ1n) is 12.5. The Kier molecular flexibility index (Phi) is 8.03. The average molecular weight is 530 g/mol. The largest absolute Gasteiger partial charge is 0.465 e. The Hall–Kier alpha value is -3.18. The molecule has 200 valence electrons. The maximum Gasteiger partial charge on any atom is 0.342 e. The van der Waals surface area contributed by atoms with E-state index in [-0.39, 0.29) is 27.9 Å². The second-order valence-corrected chi connectivity index (χ2v) is 11.5. The van der Waals surface area contributed by atoms with Crippen molar-refractivity contribution in [1.82, 2.24) is 14.7 Å². The number of rotatable bonds is 9. The molecule has 0 bridgehead atoms. The lowest BCUT2D eigenvalue weighted by Crippen LogP contribution is -2.33. The van der Waals surface area contributed by atoms with Gasteiger partial charge in [0.25, 0.3) is 0 Å². The third kappa shape index (κ3) is 5.88. The minimum atomic E-state index is -3.92. The van der Waals surface area contributed by atoms with E-state index in [4.69, 9.17) is 14.1 Å². The second-order valence-electron chi connectivity index (χ2n) is 9.81. The van der Waals surface area contributed by atoms with E-state index in [1.807, 2.05) is 43.3 Å². The number of ether oxygens (including phenoxy) is 1. The molecular weight excluding hydrogens is 494 g/mol. The zero-order valence-electron chi connectivity index (χ0n) is 22.0. The van der Waals surface area contributed by atoms with Crippen LogP contribution in [-0.2, 0) is 14.8 Å². The quantitative estimate of drug-likeness (QED) is 0.397. The van der Waals surface area contributed by atoms with Gasteiger partial charge in [-0.25, -0.2) is 22.9 Å². The molecule has 3 aromatic rings. The number of sulfonamides is 1. The Labute approximate surface area is 217 Å². The van der Waals surface area contributed by atoms with Crippen LogP contribution in [0.5, 0.6) is 0 Å². The van der Waals surface area contributed by atoms with Crippen molar-refractivity contribution in [2.75, 3.05) is 44.5 Å². The van der Waals surface area contributed by atoms with Crippen LogP contribution in [0, 0.1) is 25.7 Å². The first-order chi connectivity index (χ1) is 17.6. The van der Waals surface area contributed by atoms with Crippen LogP contribution in [0.3, 0.4) is 0 Å². The van der Waals surface area contributed by atoms with Crippen molar-refractivity contribution in [2.24, 2.45) is 11.8 Å². The molecule has 2 heterocycles. The maximum atomic E-state index is 13.0. The summed E-state index contributed by atoms with van der Waals surface area (Å²) in [7, 11) is 1.24. The number of hydrogen-bond acceptors (Lipinski definition) is 9. The van der Waals surface area contributed by atoms with Crippen molar-refractivity contribution in [3.8, 4) is 0 Å². The Morgan fingerprint density at radius 1 is 1.05 bits per heavy atom. The lowest BCUT2D eigenvalue weighted by atomic mass is 9.82. The van der Waals surface area contributed by atoms with Gasteiger partial charge in [-0.1, -0.05) is 12.1 Å². The number of fused-ring (bicyclic) bond motifs is 1. The smallest absolute Gasteiger partial charge is 0.342 e. The van der Waals surface area contributed by atoms with Gasteiger partial charge in [-0.2, -0.15) is 4.98 Å². The molecule has 0 aliphatic heterocycles. The normalized spacial score (nSPS) is 18.1. The first kappa shape index (κ1) is 26.9. The summed E-state index contributed by atoms with van der Waals surface area (Å²) in [4.78, 5) is 23.4. The van der Waals surface area contributed by atoms with Crippen LogP contribution in [0.4, 0.5) is 11.8 Å². The Morgan fingerprint density at radius 2 is 1.70 bits per heavy atom. The van der Waals surface area contributed by atoms with Gasteiger partial charge in [0.05, 0.1) is 12.6 Å². The van der Waals surface area contributed by atoms with Gasteiger partial charge in [-0.15, -0.1) is 0 Å². The Bertz CT molecular complexity index is 1380. The third-order valence-corrected chi connectivity index (χ3v) is 8.52. The van der Waals surface area contributed by atoms with Gasteiger partial charge in [0, 0.05) is 32.6 Å². The summed E-state index contributed by atoms with van der Waals surface area (Å²) >= 11 is 0. The summed E-state index contributed by atoms with van der Waals surface area (Å²) < 4.78 is 38.9. The van der Waals surface area contributed by atoms with Crippen LogP contribution in [0.15, 0.2) is 33.6 Å². The number of carbonyl (C=O) groups is 1. The molecular formula is C26H35N5O5S. The molecule has 2 N–H and O–H groups in total. The fourth-order valence-corrected chi connectivity index (χ4v) is 6.50. The fourth-order valence-electron chi connectivity index (χ4n) is 4.98. The number of nitrogens with one attached hydrogen (secondary N) is 2. The minimum absolute atomic E-state index is 0.0457. The number of aryl methyl sites for hydroxylation is 2. The van der Waals surface area contributed by atoms with Crippen LogP contribution >= 0.6 is 0 Å². The molecule has 0 spiro atoms. The van der Waals surface area contributed by atoms with Gasteiger partial charge in [0.2, 0.25) is 16.0 Å². The second kappa shape index (κ2) is 11.1. The number of furan rings is 1. The SMILES string of the molecule is COC(=O)c1c(C)oc(C)c1S(=O)(=O)NC[C@H]1CC[C@H](CNc2nc(N(C)C)c3ccccc3n2)CC1. The predicted molar refractivity (Wildman–Crippen MR) is 143 cm³/mol. The van der Waals surface area contributed by atoms with Crippen LogP contribution in [-0.4, -0.2) is 58.6 Å². The van der Waals surface area contributed by atoms with E-state index in [1.54, 1.807) is 6.92 Å². The van der Waals surface area contributed by atoms with E-state index in [2.05, 4.69) is 15.0 Å². The zero-order valence-corrected chi connectivity index (χ0v) is 22.8. The molecule has 0 atom stereocenters. The number of hydrogen-bond donors (Lipinski definition) is 2. The van der Waals surface area contributed by atoms with Crippen molar-refractivity contribution in [3.63, 3.8) is 0 Å². The van der Waals surface area contributed by atoms with Crippen molar-refractivity contribution >= 4 is 38.7 Å². The molecule has 0 unspecified atom stereocenters. The molecule has 0 amide bonds. The highest BCUT2D eigenvalue weighted by atomic mass is 32.2. The maximum absolute atomic E-state index is 13.0. The van der Waals surface area contributed by atoms with Gasteiger partial charge in [-0.05, 0) is 63.5 Å². The van der Waals surface area contributed by atoms with Crippen molar-refractivity contribution in [2.45, 2.75) is 44.4 Å². The number of nitrogens with zero attached hydrogens (tertiary/aromatic N) is 3. The summed E-state index contributed by atoms with van der Waals surface area (Å²) in [6.07, 6.45) is 3.77. The van der Waals surface area contributed by atoms with Gasteiger partial charge >= 0.3 is 5.97 Å². The van der Waals surface area contributed by atoms with E-state index in [1.165, 1.54) is 14.0 Å². The molecule has 0 saturated heterocycles. The number of aromatic nitrogens is 2. The highest BCUT2D eigenvalue weighted by molar-refractivity contribution is 7.89. The topological polar surface area (TPSA) is 127 Å². The minimum Gasteiger partial charge on any atom is -0.465 e. The molecule has 11 heteroatoms. The standard InChI is InChI=1S/C26H35N5O5S/c1-16-22(25(32)35-5)23(17(2)36-16)37(33,34)28-15-19-12-10-18(11-13-19)14-27-26-29-21-9-7-6-8-20(21)24(30-26)31(3)4/h6-9,18-19,28H,10-15H2,1-5H3,(H,27,29,30)/t18-,19-. The molecule has 1 aromatic carbocycles. The molecule has 4 rings (SSSR count). The summed E-state index contributed by atoms with van der Waals surface area (Å²) in [6.45, 7) is 4.16. The van der Waals surface area contributed by atoms with Gasteiger partial charge in [0.1, 0.15) is 27.8 Å². The number of carbonyl (C=O) groups excluding carboxylic acids is 1. The lowest BCUT2D eigenvalue weighted by molar-refractivity contribution is 0.0595. The van der Waals surface area contributed by atoms with Crippen LogP contribution in [0.1, 0.15) is 47.6 Å². The van der Waals surface area contributed by atoms with E-state index in [0.29, 0.717) is 18.4 Å². The third-order valence-electron chi connectivity index (χ3n) is 6.95. The van der Waals surface area contributed by atoms with Gasteiger partial charge < -0.3 is 19.4 Å². The molecule has 1 saturated carbocycles. The number of anilines is 2. The number of esters is 1. The van der Waals surface area contributed by atoms with E-state index in [0.717, 1.165) is 48.9 Å². The van der Waals surface area contributed by atoms with Crippen LogP contribution in [0.2, 0.25) is 0 Å². The van der Waals surface area contributed by atoms with Crippen LogP contribution in [0.25, 0.3) is 10.9 Å². The van der Waals surface area contributed by atoms with Crippen LogP contribution < -0.4 is 14.9 Å². The Morgan fingerprint density at radius 3 is 2.35 bits per heavy atom. The van der Waals surface area contributed by atoms with Crippen molar-refractivity contribution in [1.29, 1.82) is 0 Å². The van der Waals surface area contributed by atoms with Gasteiger partial charge in [-0.3, -0.25) is 0 Å². The molecule has 2 aromatic heterocycles. The fraction of sp³-hybridized carbons (Fsp3) is 0.500. The van der Waals surface area contributed by atoms with E-state index in [9.17, 15) is 13.2 Å². The lowest BCUT2D eigenvalue weighted by Gasteiger charge is -2.28. The molecule has 37 heavy (non-hydrogen) atoms. The summed E-state index contributed by atoms with van der Waals surface area (Å²) in [5.41, 5.74) is 0.855. The average Bonchev–Trinajstić information content (AvgIpc) is 3.20. The van der Waals surface area contributed by atoms with Crippen molar-refractivity contribution in [3.05, 3.63) is 41.3 Å². The highest BCUT2D eigenvalue weighted by Crippen LogP contribution is 2.31. The highest BCUT2D eigenvalue weighted by Gasteiger charge is 2.32.